The highest BCUT2D eigenvalue weighted by atomic mass is 32.2. The van der Waals surface area contributed by atoms with E-state index in [1.54, 1.807) is 24.3 Å². The number of anilines is 2. The van der Waals surface area contributed by atoms with Crippen LogP contribution in [0.2, 0.25) is 0 Å². The highest BCUT2D eigenvalue weighted by molar-refractivity contribution is 7.92. The molecule has 0 spiro atoms. The third-order valence-corrected chi connectivity index (χ3v) is 6.18. The number of hydrogen-bond donors (Lipinski definition) is 3. The Hall–Kier alpha value is -3.52. The Morgan fingerprint density at radius 1 is 1.00 bits per heavy atom. The number of amides is 1. The van der Waals surface area contributed by atoms with Crippen molar-refractivity contribution in [2.24, 2.45) is 0 Å². The van der Waals surface area contributed by atoms with Gasteiger partial charge in [-0.1, -0.05) is 49.4 Å². The highest BCUT2D eigenvalue weighted by Crippen LogP contribution is 2.31. The van der Waals surface area contributed by atoms with Crippen molar-refractivity contribution in [3.8, 4) is 11.5 Å². The van der Waals surface area contributed by atoms with Gasteiger partial charge >= 0.3 is 0 Å². The summed E-state index contributed by atoms with van der Waals surface area (Å²) in [7, 11) is -2.55. The number of nitrogens with one attached hydrogen (secondary N) is 2. The van der Waals surface area contributed by atoms with Crippen molar-refractivity contribution in [1.29, 1.82) is 0 Å². The second-order valence-electron chi connectivity index (χ2n) is 6.85. The number of rotatable bonds is 8. The van der Waals surface area contributed by atoms with Gasteiger partial charge < -0.3 is 15.2 Å². The number of carbonyl (C=O) groups is 1. The van der Waals surface area contributed by atoms with E-state index in [4.69, 9.17) is 4.74 Å². The van der Waals surface area contributed by atoms with Crippen molar-refractivity contribution in [2.45, 2.75) is 24.2 Å². The summed E-state index contributed by atoms with van der Waals surface area (Å²) >= 11 is 0. The molecule has 0 aliphatic carbocycles. The number of phenolic OH excluding ortho intramolecular Hbond substituents is 1. The average Bonchev–Trinajstić information content (AvgIpc) is 2.76. The van der Waals surface area contributed by atoms with E-state index in [2.05, 4.69) is 10.0 Å². The largest absolute Gasteiger partial charge is 0.506 e. The second-order valence-corrected chi connectivity index (χ2v) is 8.53. The number of ether oxygens (including phenoxy) is 1. The summed E-state index contributed by atoms with van der Waals surface area (Å²) in [5.41, 5.74) is 1.13. The highest BCUT2D eigenvalue weighted by Gasteiger charge is 2.22. The normalized spacial score (nSPS) is 12.1. The summed E-state index contributed by atoms with van der Waals surface area (Å²) in [5, 5.41) is 12.8. The standard InChI is InChI=1S/C23H24N2O5S/c1-3-18(16-9-5-4-6-10-16)23(27)24-20-15-17(13-14-21(20)26)31(28,29)25-19-11-7-8-12-22(19)30-2/h4-15,18,25-26H,3H2,1-2H3,(H,24,27)/t18-/m0/s1. The molecule has 0 saturated heterocycles. The average molecular weight is 441 g/mol. The van der Waals surface area contributed by atoms with Gasteiger partial charge in [-0.3, -0.25) is 9.52 Å². The molecule has 0 saturated carbocycles. The lowest BCUT2D eigenvalue weighted by Gasteiger charge is -2.17. The summed E-state index contributed by atoms with van der Waals surface area (Å²) < 4.78 is 33.4. The fraction of sp³-hybridized carbons (Fsp3) is 0.174. The summed E-state index contributed by atoms with van der Waals surface area (Å²) in [6.45, 7) is 1.88. The van der Waals surface area contributed by atoms with E-state index in [9.17, 15) is 18.3 Å². The molecule has 0 heterocycles. The molecule has 0 fully saturated rings. The molecule has 1 atom stereocenters. The summed E-state index contributed by atoms with van der Waals surface area (Å²) in [4.78, 5) is 12.7. The maximum Gasteiger partial charge on any atom is 0.262 e. The molecule has 7 nitrogen and oxygen atoms in total. The number of benzene rings is 3. The molecular formula is C23H24N2O5S. The third kappa shape index (κ3) is 5.16. The minimum absolute atomic E-state index is 0.0160. The first-order chi connectivity index (χ1) is 14.9. The molecule has 0 unspecified atom stereocenters. The minimum atomic E-state index is -3.99. The van der Waals surface area contributed by atoms with Gasteiger partial charge in [-0.25, -0.2) is 8.42 Å². The quantitative estimate of drug-likeness (QED) is 0.452. The minimum Gasteiger partial charge on any atom is -0.506 e. The number of para-hydroxylation sites is 2. The van der Waals surface area contributed by atoms with Gasteiger partial charge in [0, 0.05) is 0 Å². The van der Waals surface area contributed by atoms with Crippen molar-refractivity contribution in [2.75, 3.05) is 17.1 Å². The number of aromatic hydroxyl groups is 1. The van der Waals surface area contributed by atoms with Gasteiger partial charge in [0.05, 0.1) is 29.3 Å². The van der Waals surface area contributed by atoms with Gasteiger partial charge in [0.1, 0.15) is 11.5 Å². The van der Waals surface area contributed by atoms with E-state index < -0.39 is 15.9 Å². The lowest BCUT2D eigenvalue weighted by molar-refractivity contribution is -0.117. The van der Waals surface area contributed by atoms with Crippen LogP contribution in [0.25, 0.3) is 0 Å². The molecule has 0 bridgehead atoms. The van der Waals surface area contributed by atoms with Crippen molar-refractivity contribution >= 4 is 27.3 Å². The first-order valence-electron chi connectivity index (χ1n) is 9.70. The maximum absolute atomic E-state index is 12.9. The number of phenols is 1. The van der Waals surface area contributed by atoms with Crippen LogP contribution in [0.5, 0.6) is 11.5 Å². The molecule has 3 N–H and O–H groups in total. The van der Waals surface area contributed by atoms with E-state index in [-0.39, 0.29) is 27.9 Å². The fourth-order valence-electron chi connectivity index (χ4n) is 3.19. The van der Waals surface area contributed by atoms with Crippen LogP contribution in [0, 0.1) is 0 Å². The summed E-state index contributed by atoms with van der Waals surface area (Å²) in [5.74, 6) is -0.636. The molecular weight excluding hydrogens is 416 g/mol. The second kappa shape index (κ2) is 9.53. The molecule has 1 amide bonds. The zero-order chi connectivity index (χ0) is 22.4. The van der Waals surface area contributed by atoms with Crippen LogP contribution in [0.4, 0.5) is 11.4 Å². The van der Waals surface area contributed by atoms with Crippen molar-refractivity contribution in [3.63, 3.8) is 0 Å². The molecule has 0 aliphatic rings. The summed E-state index contributed by atoms with van der Waals surface area (Å²) in [6.07, 6.45) is 0.546. The first-order valence-corrected chi connectivity index (χ1v) is 11.2. The molecule has 31 heavy (non-hydrogen) atoms. The Bertz CT molecular complexity index is 1160. The zero-order valence-electron chi connectivity index (χ0n) is 17.2. The van der Waals surface area contributed by atoms with Gasteiger partial charge in [0.15, 0.2) is 0 Å². The smallest absolute Gasteiger partial charge is 0.262 e. The molecule has 0 radical (unpaired) electrons. The zero-order valence-corrected chi connectivity index (χ0v) is 18.0. The van der Waals surface area contributed by atoms with E-state index in [0.29, 0.717) is 12.2 Å². The van der Waals surface area contributed by atoms with Crippen molar-refractivity contribution < 1.29 is 23.1 Å². The van der Waals surface area contributed by atoms with E-state index >= 15 is 0 Å². The van der Waals surface area contributed by atoms with Crippen molar-refractivity contribution in [1.82, 2.24) is 0 Å². The van der Waals surface area contributed by atoms with Gasteiger partial charge in [-0.15, -0.1) is 0 Å². The maximum atomic E-state index is 12.9. The van der Waals surface area contributed by atoms with E-state index in [1.807, 2.05) is 37.3 Å². The van der Waals surface area contributed by atoms with Gasteiger partial charge in [-0.2, -0.15) is 0 Å². The van der Waals surface area contributed by atoms with Crippen LogP contribution < -0.4 is 14.8 Å². The Morgan fingerprint density at radius 2 is 1.68 bits per heavy atom. The Kier molecular flexibility index (Phi) is 6.81. The molecule has 3 aromatic carbocycles. The summed E-state index contributed by atoms with van der Waals surface area (Å²) in [6, 6.07) is 19.6. The first kappa shape index (κ1) is 22.2. The van der Waals surface area contributed by atoms with Gasteiger partial charge in [0.2, 0.25) is 5.91 Å². The van der Waals surface area contributed by atoms with Crippen molar-refractivity contribution in [3.05, 3.63) is 78.4 Å². The molecule has 0 aliphatic heterocycles. The van der Waals surface area contributed by atoms with E-state index in [0.717, 1.165) is 5.56 Å². The molecule has 3 rings (SSSR count). The van der Waals surface area contributed by atoms with Crippen LogP contribution >= 0.6 is 0 Å². The van der Waals surface area contributed by atoms with Gasteiger partial charge in [0.25, 0.3) is 10.0 Å². The molecule has 8 heteroatoms. The molecule has 3 aromatic rings. The lowest BCUT2D eigenvalue weighted by Crippen LogP contribution is -2.21. The fourth-order valence-corrected chi connectivity index (χ4v) is 4.29. The number of methoxy groups -OCH3 is 1. The monoisotopic (exact) mass is 440 g/mol. The topological polar surface area (TPSA) is 105 Å². The van der Waals surface area contributed by atoms with E-state index in [1.165, 1.54) is 25.3 Å². The van der Waals surface area contributed by atoms with Crippen LogP contribution in [0.15, 0.2) is 77.7 Å². The van der Waals surface area contributed by atoms with Crippen LogP contribution in [-0.2, 0) is 14.8 Å². The number of carbonyl (C=O) groups excluding carboxylic acids is 1. The predicted molar refractivity (Wildman–Crippen MR) is 120 cm³/mol. The molecule has 0 aromatic heterocycles. The van der Waals surface area contributed by atoms with Gasteiger partial charge in [-0.05, 0) is 42.3 Å². The Balaban J connectivity index is 1.86. The van der Waals surface area contributed by atoms with Crippen LogP contribution in [-0.4, -0.2) is 26.5 Å². The Labute approximate surface area is 181 Å². The Morgan fingerprint density at radius 3 is 2.35 bits per heavy atom. The number of hydrogen-bond acceptors (Lipinski definition) is 5. The van der Waals surface area contributed by atoms with Crippen LogP contribution in [0.3, 0.4) is 0 Å². The third-order valence-electron chi connectivity index (χ3n) is 4.81. The van der Waals surface area contributed by atoms with Crippen LogP contribution in [0.1, 0.15) is 24.8 Å². The SMILES string of the molecule is CC[C@H](C(=O)Nc1cc(S(=O)(=O)Nc2ccccc2OC)ccc1O)c1ccccc1. The molecule has 162 valence electrons. The predicted octanol–water partition coefficient (Wildman–Crippen LogP) is 4.33. The lowest BCUT2D eigenvalue weighted by atomic mass is 9.95. The number of sulfonamides is 1.